The number of hydrogen-bond acceptors (Lipinski definition) is 3. The van der Waals surface area contributed by atoms with Gasteiger partial charge in [0.25, 0.3) is 0 Å². The Morgan fingerprint density at radius 3 is 2.84 bits per heavy atom. The van der Waals surface area contributed by atoms with Gasteiger partial charge in [0.1, 0.15) is 0 Å². The van der Waals surface area contributed by atoms with Crippen LogP contribution in [0.25, 0.3) is 0 Å². The van der Waals surface area contributed by atoms with Gasteiger partial charge in [0.05, 0.1) is 19.1 Å². The summed E-state index contributed by atoms with van der Waals surface area (Å²) in [6, 6.07) is 7.29. The van der Waals surface area contributed by atoms with Crippen LogP contribution in [0.15, 0.2) is 24.3 Å². The van der Waals surface area contributed by atoms with Crippen LogP contribution in [-0.4, -0.2) is 42.6 Å². The van der Waals surface area contributed by atoms with Gasteiger partial charge in [-0.2, -0.15) is 0 Å². The number of rotatable bonds is 3. The second-order valence-corrected chi connectivity index (χ2v) is 5.35. The Kier molecular flexibility index (Phi) is 4.80. The molecule has 1 aliphatic heterocycles. The SMILES string of the molecule is CC(N)C1CN(C(=O)Cc2ccc(Cl)cc2)CCO1. The minimum Gasteiger partial charge on any atom is -0.373 e. The van der Waals surface area contributed by atoms with Crippen LogP contribution in [0, 0.1) is 0 Å². The summed E-state index contributed by atoms with van der Waals surface area (Å²) in [5.41, 5.74) is 6.79. The summed E-state index contributed by atoms with van der Waals surface area (Å²) in [7, 11) is 0. The van der Waals surface area contributed by atoms with E-state index in [-0.39, 0.29) is 18.1 Å². The van der Waals surface area contributed by atoms with E-state index in [1.165, 1.54) is 0 Å². The first-order chi connectivity index (χ1) is 9.06. The number of benzene rings is 1. The smallest absolute Gasteiger partial charge is 0.227 e. The van der Waals surface area contributed by atoms with Crippen molar-refractivity contribution in [3.05, 3.63) is 34.9 Å². The number of hydrogen-bond donors (Lipinski definition) is 1. The number of carbonyl (C=O) groups is 1. The molecule has 2 unspecified atom stereocenters. The lowest BCUT2D eigenvalue weighted by Crippen LogP contribution is -2.51. The van der Waals surface area contributed by atoms with Gasteiger partial charge in [-0.05, 0) is 24.6 Å². The highest BCUT2D eigenvalue weighted by molar-refractivity contribution is 6.30. The first-order valence-electron chi connectivity index (χ1n) is 6.45. The van der Waals surface area contributed by atoms with Crippen molar-refractivity contribution in [2.75, 3.05) is 19.7 Å². The first kappa shape index (κ1) is 14.3. The molecule has 2 rings (SSSR count). The molecule has 5 heteroatoms. The fourth-order valence-electron chi connectivity index (χ4n) is 2.11. The van der Waals surface area contributed by atoms with Crippen molar-refractivity contribution in [1.82, 2.24) is 4.90 Å². The number of nitrogens with zero attached hydrogens (tertiary/aromatic N) is 1. The third kappa shape index (κ3) is 3.93. The zero-order valence-corrected chi connectivity index (χ0v) is 11.8. The molecule has 0 spiro atoms. The zero-order valence-electron chi connectivity index (χ0n) is 11.0. The van der Waals surface area contributed by atoms with Crippen molar-refractivity contribution >= 4 is 17.5 Å². The van der Waals surface area contributed by atoms with Crippen molar-refractivity contribution in [2.45, 2.75) is 25.5 Å². The van der Waals surface area contributed by atoms with E-state index in [1.807, 2.05) is 24.0 Å². The van der Waals surface area contributed by atoms with Crippen molar-refractivity contribution in [1.29, 1.82) is 0 Å². The molecule has 0 aromatic heterocycles. The number of morpholine rings is 1. The third-order valence-electron chi connectivity index (χ3n) is 3.30. The maximum absolute atomic E-state index is 12.2. The fourth-order valence-corrected chi connectivity index (χ4v) is 2.23. The molecule has 1 aromatic rings. The van der Waals surface area contributed by atoms with Crippen molar-refractivity contribution in [2.24, 2.45) is 5.73 Å². The van der Waals surface area contributed by atoms with Crippen molar-refractivity contribution in [3.63, 3.8) is 0 Å². The van der Waals surface area contributed by atoms with Gasteiger partial charge in [-0.1, -0.05) is 23.7 Å². The van der Waals surface area contributed by atoms with E-state index in [0.717, 1.165) is 5.56 Å². The second kappa shape index (κ2) is 6.37. The molecular weight excluding hydrogens is 264 g/mol. The Morgan fingerprint density at radius 1 is 1.53 bits per heavy atom. The molecule has 1 amide bonds. The Morgan fingerprint density at radius 2 is 2.21 bits per heavy atom. The third-order valence-corrected chi connectivity index (χ3v) is 3.55. The molecule has 2 atom stereocenters. The van der Waals surface area contributed by atoms with Gasteiger partial charge >= 0.3 is 0 Å². The van der Waals surface area contributed by atoms with Gasteiger partial charge in [0, 0.05) is 24.2 Å². The molecule has 19 heavy (non-hydrogen) atoms. The maximum Gasteiger partial charge on any atom is 0.227 e. The Balaban J connectivity index is 1.94. The van der Waals surface area contributed by atoms with Gasteiger partial charge in [-0.3, -0.25) is 4.79 Å². The van der Waals surface area contributed by atoms with Gasteiger partial charge in [-0.25, -0.2) is 0 Å². The summed E-state index contributed by atoms with van der Waals surface area (Å²) in [6.45, 7) is 3.66. The molecule has 2 N–H and O–H groups in total. The molecule has 0 radical (unpaired) electrons. The minimum atomic E-state index is -0.0667. The molecule has 104 valence electrons. The lowest BCUT2D eigenvalue weighted by atomic mass is 10.1. The number of nitrogens with two attached hydrogens (primary N) is 1. The molecule has 0 aliphatic carbocycles. The normalized spacial score (nSPS) is 21.2. The Bertz CT molecular complexity index is 434. The van der Waals surface area contributed by atoms with Crippen LogP contribution < -0.4 is 5.73 Å². The highest BCUT2D eigenvalue weighted by Gasteiger charge is 2.26. The topological polar surface area (TPSA) is 55.6 Å². The molecular formula is C14H19ClN2O2. The van der Waals surface area contributed by atoms with Gasteiger partial charge in [0.2, 0.25) is 5.91 Å². The van der Waals surface area contributed by atoms with Gasteiger partial charge in [-0.15, -0.1) is 0 Å². The van der Waals surface area contributed by atoms with Crippen molar-refractivity contribution < 1.29 is 9.53 Å². The van der Waals surface area contributed by atoms with Gasteiger partial charge in [0.15, 0.2) is 0 Å². The molecule has 1 heterocycles. The first-order valence-corrected chi connectivity index (χ1v) is 6.83. The summed E-state index contributed by atoms with van der Waals surface area (Å²) in [4.78, 5) is 14.0. The summed E-state index contributed by atoms with van der Waals surface area (Å²) >= 11 is 5.83. The minimum absolute atomic E-state index is 0.0638. The monoisotopic (exact) mass is 282 g/mol. The zero-order chi connectivity index (χ0) is 13.8. The molecule has 1 fully saturated rings. The van der Waals surface area contributed by atoms with E-state index in [1.54, 1.807) is 12.1 Å². The predicted molar refractivity (Wildman–Crippen MR) is 75.1 cm³/mol. The van der Waals surface area contributed by atoms with E-state index in [0.29, 0.717) is 31.1 Å². The summed E-state index contributed by atoms with van der Waals surface area (Å²) < 4.78 is 5.55. The van der Waals surface area contributed by atoms with Crippen molar-refractivity contribution in [3.8, 4) is 0 Å². The molecule has 4 nitrogen and oxygen atoms in total. The molecule has 1 aliphatic rings. The summed E-state index contributed by atoms with van der Waals surface area (Å²) in [5.74, 6) is 0.108. The number of amides is 1. The van der Waals surface area contributed by atoms with Gasteiger partial charge < -0.3 is 15.4 Å². The summed E-state index contributed by atoms with van der Waals surface area (Å²) in [6.07, 6.45) is 0.325. The van der Waals surface area contributed by atoms with Crippen LogP contribution >= 0.6 is 11.6 Å². The fraction of sp³-hybridized carbons (Fsp3) is 0.500. The van der Waals surface area contributed by atoms with Crippen LogP contribution in [0.3, 0.4) is 0 Å². The highest BCUT2D eigenvalue weighted by atomic mass is 35.5. The van der Waals surface area contributed by atoms with Crippen LogP contribution in [0.5, 0.6) is 0 Å². The van der Waals surface area contributed by atoms with E-state index >= 15 is 0 Å². The lowest BCUT2D eigenvalue weighted by Gasteiger charge is -2.34. The average Bonchev–Trinajstić information content (AvgIpc) is 2.41. The quantitative estimate of drug-likeness (QED) is 0.913. The maximum atomic E-state index is 12.2. The lowest BCUT2D eigenvalue weighted by molar-refractivity contribution is -0.138. The van der Waals surface area contributed by atoms with Crippen LogP contribution in [0.4, 0.5) is 0 Å². The molecule has 1 aromatic carbocycles. The van der Waals surface area contributed by atoms with Crippen LogP contribution in [0.1, 0.15) is 12.5 Å². The molecule has 0 bridgehead atoms. The molecule has 1 saturated heterocycles. The van der Waals surface area contributed by atoms with Crippen LogP contribution in [0.2, 0.25) is 5.02 Å². The summed E-state index contributed by atoms with van der Waals surface area (Å²) in [5, 5.41) is 0.680. The number of halogens is 1. The van der Waals surface area contributed by atoms with Crippen LogP contribution in [-0.2, 0) is 16.0 Å². The predicted octanol–water partition coefficient (Wildman–Crippen LogP) is 1.46. The Labute approximate surface area is 118 Å². The number of carbonyl (C=O) groups excluding carboxylic acids is 1. The van der Waals surface area contributed by atoms with E-state index in [4.69, 9.17) is 22.1 Å². The Hall–Kier alpha value is -1.10. The number of ether oxygens (including phenoxy) is 1. The standard InChI is InChI=1S/C14H19ClN2O2/c1-10(16)13-9-17(6-7-19-13)14(18)8-11-2-4-12(15)5-3-11/h2-5,10,13H,6-9,16H2,1H3. The largest absolute Gasteiger partial charge is 0.373 e. The second-order valence-electron chi connectivity index (χ2n) is 4.91. The van der Waals surface area contributed by atoms with E-state index in [2.05, 4.69) is 0 Å². The molecule has 0 saturated carbocycles. The highest BCUT2D eigenvalue weighted by Crippen LogP contribution is 2.13. The van der Waals surface area contributed by atoms with E-state index in [9.17, 15) is 4.79 Å². The van der Waals surface area contributed by atoms with E-state index < -0.39 is 0 Å². The average molecular weight is 283 g/mol.